The highest BCUT2D eigenvalue weighted by Crippen LogP contribution is 2.18. The van der Waals surface area contributed by atoms with Crippen molar-refractivity contribution in [2.45, 2.75) is 0 Å². The maximum Gasteiger partial charge on any atom is 0.232 e. The van der Waals surface area contributed by atoms with Gasteiger partial charge in [-0.05, 0) is 23.8 Å². The van der Waals surface area contributed by atoms with E-state index >= 15 is 0 Å². The predicted molar refractivity (Wildman–Crippen MR) is 76.9 cm³/mol. The van der Waals surface area contributed by atoms with E-state index in [9.17, 15) is 4.39 Å². The number of hydrogen-bond donors (Lipinski definition) is 1. The zero-order valence-electron chi connectivity index (χ0n) is 11.5. The van der Waals surface area contributed by atoms with Gasteiger partial charge < -0.3 is 14.5 Å². The number of nitriles is 1. The fraction of sp³-hybridized carbons (Fsp3) is 0.200. The van der Waals surface area contributed by atoms with Crippen molar-refractivity contribution in [3.05, 3.63) is 47.2 Å². The number of methoxy groups -OCH3 is 1. The van der Waals surface area contributed by atoms with E-state index in [0.717, 1.165) is 5.56 Å². The highest BCUT2D eigenvalue weighted by Gasteiger charge is 2.10. The van der Waals surface area contributed by atoms with Crippen LogP contribution in [0.15, 0.2) is 28.7 Å². The summed E-state index contributed by atoms with van der Waals surface area (Å²) < 4.78 is 23.1. The zero-order chi connectivity index (χ0) is 15.1. The molecule has 0 aliphatic heterocycles. The van der Waals surface area contributed by atoms with Crippen LogP contribution in [0, 0.1) is 17.1 Å². The van der Waals surface area contributed by atoms with Crippen molar-refractivity contribution in [1.29, 1.82) is 5.26 Å². The molecule has 0 amide bonds. The third-order valence-electron chi connectivity index (χ3n) is 2.63. The summed E-state index contributed by atoms with van der Waals surface area (Å²) in [7, 11) is 1.59. The summed E-state index contributed by atoms with van der Waals surface area (Å²) in [6.07, 6.45) is 3.35. The smallest absolute Gasteiger partial charge is 0.232 e. The normalized spacial score (nSPS) is 10.7. The summed E-state index contributed by atoms with van der Waals surface area (Å²) in [6.45, 7) is 1.01. The first-order valence-corrected chi connectivity index (χ1v) is 6.30. The monoisotopic (exact) mass is 287 g/mol. The van der Waals surface area contributed by atoms with Gasteiger partial charge in [0, 0.05) is 19.7 Å². The number of nitrogens with one attached hydrogen (secondary N) is 1. The first-order chi connectivity index (χ1) is 10.2. The molecule has 1 aromatic heterocycles. The maximum absolute atomic E-state index is 12.8. The van der Waals surface area contributed by atoms with Crippen LogP contribution in [0.25, 0.3) is 12.2 Å². The number of benzene rings is 1. The van der Waals surface area contributed by atoms with E-state index in [2.05, 4.69) is 10.3 Å². The first-order valence-electron chi connectivity index (χ1n) is 6.30. The minimum absolute atomic E-state index is 0.185. The molecule has 108 valence electrons. The molecular formula is C15H14FN3O2. The molecule has 2 rings (SSSR count). The molecule has 21 heavy (non-hydrogen) atoms. The molecule has 5 nitrogen and oxygen atoms in total. The minimum Gasteiger partial charge on any atom is -0.420 e. The number of hydrogen-bond acceptors (Lipinski definition) is 5. The van der Waals surface area contributed by atoms with E-state index in [1.54, 1.807) is 31.4 Å². The highest BCUT2D eigenvalue weighted by atomic mass is 19.1. The molecule has 0 bridgehead atoms. The number of rotatable bonds is 6. The maximum atomic E-state index is 12.8. The lowest BCUT2D eigenvalue weighted by molar-refractivity contribution is 0.210. The van der Waals surface area contributed by atoms with Crippen LogP contribution in [0.3, 0.4) is 0 Å². The highest BCUT2D eigenvalue weighted by molar-refractivity contribution is 5.67. The Labute approximate surface area is 121 Å². The summed E-state index contributed by atoms with van der Waals surface area (Å²) in [5.74, 6) is 0.323. The zero-order valence-corrected chi connectivity index (χ0v) is 11.5. The van der Waals surface area contributed by atoms with Crippen molar-refractivity contribution in [2.75, 3.05) is 25.6 Å². The van der Waals surface area contributed by atoms with E-state index in [0.29, 0.717) is 24.9 Å². The van der Waals surface area contributed by atoms with Gasteiger partial charge in [0.05, 0.1) is 6.61 Å². The van der Waals surface area contributed by atoms with Gasteiger partial charge in [0.2, 0.25) is 17.5 Å². The third kappa shape index (κ3) is 4.16. The molecule has 0 aliphatic rings. The Balaban J connectivity index is 2.09. The number of ether oxygens (including phenoxy) is 1. The summed E-state index contributed by atoms with van der Waals surface area (Å²) >= 11 is 0. The van der Waals surface area contributed by atoms with Gasteiger partial charge in [-0.25, -0.2) is 4.39 Å². The van der Waals surface area contributed by atoms with Gasteiger partial charge in [-0.3, -0.25) is 0 Å². The molecule has 0 saturated heterocycles. The molecule has 0 fully saturated rings. The predicted octanol–water partition coefficient (Wildman–Crippen LogP) is 2.91. The van der Waals surface area contributed by atoms with E-state index in [-0.39, 0.29) is 11.5 Å². The Morgan fingerprint density at radius 3 is 2.81 bits per heavy atom. The van der Waals surface area contributed by atoms with E-state index in [4.69, 9.17) is 14.4 Å². The summed E-state index contributed by atoms with van der Waals surface area (Å²) in [5.41, 5.74) is 0.992. The molecule has 2 aromatic rings. The number of aromatic nitrogens is 1. The quantitative estimate of drug-likeness (QED) is 0.827. The molecule has 0 radical (unpaired) electrons. The summed E-state index contributed by atoms with van der Waals surface area (Å²) in [4.78, 5) is 4.05. The molecular weight excluding hydrogens is 273 g/mol. The van der Waals surface area contributed by atoms with Crippen molar-refractivity contribution in [2.24, 2.45) is 0 Å². The molecule has 6 heteroatoms. The standard InChI is InChI=1S/C15H14FN3O2/c1-20-9-8-18-15-13(10-17)19-14(21-15)7-4-11-2-5-12(16)6-3-11/h2-7,18H,8-9H2,1H3/b7-4+. The van der Waals surface area contributed by atoms with Gasteiger partial charge in [0.1, 0.15) is 11.9 Å². The number of oxazole rings is 1. The van der Waals surface area contributed by atoms with Crippen molar-refractivity contribution in [1.82, 2.24) is 4.98 Å². The Hall–Kier alpha value is -2.65. The second kappa shape index (κ2) is 7.22. The molecule has 1 N–H and O–H groups in total. The topological polar surface area (TPSA) is 71.1 Å². The van der Waals surface area contributed by atoms with Crippen LogP contribution in [0.5, 0.6) is 0 Å². The van der Waals surface area contributed by atoms with Crippen molar-refractivity contribution in [3.63, 3.8) is 0 Å². The Bertz CT molecular complexity index is 657. The average Bonchev–Trinajstić information content (AvgIpc) is 2.89. The van der Waals surface area contributed by atoms with Crippen LogP contribution < -0.4 is 5.32 Å². The van der Waals surface area contributed by atoms with Gasteiger partial charge in [0.15, 0.2) is 0 Å². The van der Waals surface area contributed by atoms with Gasteiger partial charge >= 0.3 is 0 Å². The summed E-state index contributed by atoms with van der Waals surface area (Å²) in [5, 5.41) is 11.9. The molecule has 0 saturated carbocycles. The molecule has 0 aliphatic carbocycles. The molecule has 1 heterocycles. The molecule has 0 atom stereocenters. The number of anilines is 1. The van der Waals surface area contributed by atoms with Crippen LogP contribution in [-0.4, -0.2) is 25.2 Å². The van der Waals surface area contributed by atoms with Crippen molar-refractivity contribution >= 4 is 18.0 Å². The fourth-order valence-electron chi connectivity index (χ4n) is 1.61. The minimum atomic E-state index is -0.292. The second-order valence-corrected chi connectivity index (χ2v) is 4.15. The summed E-state index contributed by atoms with van der Waals surface area (Å²) in [6, 6.07) is 7.97. The number of nitrogens with zero attached hydrogens (tertiary/aromatic N) is 2. The largest absolute Gasteiger partial charge is 0.420 e. The van der Waals surface area contributed by atoms with Crippen LogP contribution in [0.4, 0.5) is 10.3 Å². The molecule has 0 unspecified atom stereocenters. The van der Waals surface area contributed by atoms with Gasteiger partial charge in [0.25, 0.3) is 0 Å². The molecule has 1 aromatic carbocycles. The Kier molecular flexibility index (Phi) is 5.07. The van der Waals surface area contributed by atoms with Gasteiger partial charge in [-0.15, -0.1) is 0 Å². The van der Waals surface area contributed by atoms with E-state index < -0.39 is 0 Å². The average molecular weight is 287 g/mol. The third-order valence-corrected chi connectivity index (χ3v) is 2.63. The van der Waals surface area contributed by atoms with E-state index in [1.165, 1.54) is 12.1 Å². The lowest BCUT2D eigenvalue weighted by atomic mass is 10.2. The Morgan fingerprint density at radius 1 is 1.38 bits per heavy atom. The van der Waals surface area contributed by atoms with Crippen LogP contribution in [0.2, 0.25) is 0 Å². The second-order valence-electron chi connectivity index (χ2n) is 4.15. The lowest BCUT2D eigenvalue weighted by Gasteiger charge is -2.00. The number of halogens is 1. The fourth-order valence-corrected chi connectivity index (χ4v) is 1.61. The first kappa shape index (κ1) is 14.8. The lowest BCUT2D eigenvalue weighted by Crippen LogP contribution is -2.07. The Morgan fingerprint density at radius 2 is 2.14 bits per heavy atom. The molecule has 0 spiro atoms. The van der Waals surface area contributed by atoms with E-state index in [1.807, 2.05) is 6.07 Å². The van der Waals surface area contributed by atoms with Crippen molar-refractivity contribution in [3.8, 4) is 6.07 Å². The van der Waals surface area contributed by atoms with Crippen LogP contribution in [0.1, 0.15) is 17.1 Å². The van der Waals surface area contributed by atoms with Crippen LogP contribution in [-0.2, 0) is 4.74 Å². The van der Waals surface area contributed by atoms with Crippen LogP contribution >= 0.6 is 0 Å². The van der Waals surface area contributed by atoms with Crippen molar-refractivity contribution < 1.29 is 13.5 Å². The SMILES string of the molecule is COCCNc1oc(/C=C/c2ccc(F)cc2)nc1C#N. The van der Waals surface area contributed by atoms with Gasteiger partial charge in [-0.2, -0.15) is 10.2 Å². The van der Waals surface area contributed by atoms with Gasteiger partial charge in [-0.1, -0.05) is 12.1 Å².